The van der Waals surface area contributed by atoms with Gasteiger partial charge >= 0.3 is 17.9 Å². The van der Waals surface area contributed by atoms with Gasteiger partial charge in [-0.2, -0.15) is 0 Å². The van der Waals surface area contributed by atoms with Crippen molar-refractivity contribution in [1.82, 2.24) is 0 Å². The monoisotopic (exact) mass is 497 g/mol. The quantitative estimate of drug-likeness (QED) is 0.372. The maximum atomic E-state index is 12.2. The summed E-state index contributed by atoms with van der Waals surface area (Å²) >= 11 is 2.10. The van der Waals surface area contributed by atoms with Crippen molar-refractivity contribution in [3.63, 3.8) is 0 Å². The molecule has 0 spiro atoms. The summed E-state index contributed by atoms with van der Waals surface area (Å²) in [7, 11) is 2.39. The Labute approximate surface area is 174 Å². The Bertz CT molecular complexity index is 909. The Kier molecular flexibility index (Phi) is 7.50. The number of hydrogen-bond acceptors (Lipinski definition) is 7. The molecule has 0 fully saturated rings. The van der Waals surface area contributed by atoms with Gasteiger partial charge in [-0.25, -0.2) is 14.4 Å². The SMILES string of the molecule is COC(=O)c1ccc(C(=O)OC)c(NC(=O)COC(=O)c2ccc(I)cc2)c1. The minimum Gasteiger partial charge on any atom is -0.465 e. The van der Waals surface area contributed by atoms with Crippen LogP contribution in [0.15, 0.2) is 42.5 Å². The molecule has 28 heavy (non-hydrogen) atoms. The van der Waals surface area contributed by atoms with E-state index in [-0.39, 0.29) is 16.8 Å². The Balaban J connectivity index is 2.10. The number of ether oxygens (including phenoxy) is 3. The fourth-order valence-electron chi connectivity index (χ4n) is 2.17. The molecular weight excluding hydrogens is 481 g/mol. The van der Waals surface area contributed by atoms with Gasteiger partial charge in [-0.15, -0.1) is 0 Å². The number of carbonyl (C=O) groups is 4. The summed E-state index contributed by atoms with van der Waals surface area (Å²) in [5.41, 5.74) is 0.495. The lowest BCUT2D eigenvalue weighted by molar-refractivity contribution is -0.119. The van der Waals surface area contributed by atoms with E-state index in [0.717, 1.165) is 3.57 Å². The molecule has 0 aliphatic heterocycles. The second-order valence-corrected chi connectivity index (χ2v) is 6.62. The highest BCUT2D eigenvalue weighted by atomic mass is 127. The number of nitrogens with one attached hydrogen (secondary N) is 1. The molecule has 0 heterocycles. The van der Waals surface area contributed by atoms with Crippen molar-refractivity contribution < 1.29 is 33.4 Å². The van der Waals surface area contributed by atoms with Gasteiger partial charge in [-0.3, -0.25) is 4.79 Å². The zero-order valence-electron chi connectivity index (χ0n) is 15.0. The van der Waals surface area contributed by atoms with E-state index < -0.39 is 30.4 Å². The van der Waals surface area contributed by atoms with Crippen molar-refractivity contribution in [2.24, 2.45) is 0 Å². The third-order valence-electron chi connectivity index (χ3n) is 3.53. The minimum absolute atomic E-state index is 0.0325. The fourth-order valence-corrected chi connectivity index (χ4v) is 2.53. The van der Waals surface area contributed by atoms with Crippen LogP contribution in [0.25, 0.3) is 0 Å². The number of carbonyl (C=O) groups excluding carboxylic acids is 4. The first-order valence-corrected chi connectivity index (χ1v) is 8.96. The van der Waals surface area contributed by atoms with Crippen molar-refractivity contribution in [3.8, 4) is 0 Å². The van der Waals surface area contributed by atoms with E-state index in [1.165, 1.54) is 32.4 Å². The summed E-state index contributed by atoms with van der Waals surface area (Å²) in [6, 6.07) is 10.6. The van der Waals surface area contributed by atoms with Crippen molar-refractivity contribution in [2.75, 3.05) is 26.1 Å². The number of rotatable bonds is 6. The summed E-state index contributed by atoms with van der Waals surface area (Å²) in [4.78, 5) is 47.7. The molecule has 2 aromatic carbocycles. The Hall–Kier alpha value is -2.95. The lowest BCUT2D eigenvalue weighted by Crippen LogP contribution is -2.22. The first-order valence-electron chi connectivity index (χ1n) is 7.89. The summed E-state index contributed by atoms with van der Waals surface area (Å²) in [5.74, 6) is -2.70. The van der Waals surface area contributed by atoms with Crippen LogP contribution in [-0.2, 0) is 19.0 Å². The molecule has 1 amide bonds. The fraction of sp³-hybridized carbons (Fsp3) is 0.158. The topological polar surface area (TPSA) is 108 Å². The molecule has 1 N–H and O–H groups in total. The number of anilines is 1. The number of amides is 1. The van der Waals surface area contributed by atoms with E-state index >= 15 is 0 Å². The van der Waals surface area contributed by atoms with Crippen molar-refractivity contribution in [1.29, 1.82) is 0 Å². The molecule has 2 rings (SSSR count). The van der Waals surface area contributed by atoms with Gasteiger partial charge in [0.2, 0.25) is 0 Å². The van der Waals surface area contributed by atoms with Gasteiger partial charge in [0.05, 0.1) is 36.6 Å². The van der Waals surface area contributed by atoms with Crippen LogP contribution >= 0.6 is 22.6 Å². The van der Waals surface area contributed by atoms with Crippen LogP contribution in [0.3, 0.4) is 0 Å². The Morgan fingerprint density at radius 1 is 0.857 bits per heavy atom. The van der Waals surface area contributed by atoms with Gasteiger partial charge in [0.1, 0.15) is 0 Å². The highest BCUT2D eigenvalue weighted by molar-refractivity contribution is 14.1. The van der Waals surface area contributed by atoms with E-state index in [0.29, 0.717) is 5.56 Å². The first kappa shape index (κ1) is 21.4. The van der Waals surface area contributed by atoms with Crippen LogP contribution in [-0.4, -0.2) is 44.6 Å². The molecular formula is C19H16INO7. The molecule has 0 aliphatic rings. The molecule has 0 saturated carbocycles. The molecule has 9 heteroatoms. The van der Waals surface area contributed by atoms with Gasteiger partial charge in [-0.05, 0) is 65.1 Å². The second kappa shape index (κ2) is 9.83. The van der Waals surface area contributed by atoms with Gasteiger partial charge in [-0.1, -0.05) is 0 Å². The number of hydrogen-bond donors (Lipinski definition) is 1. The lowest BCUT2D eigenvalue weighted by atomic mass is 10.1. The Morgan fingerprint density at radius 2 is 1.46 bits per heavy atom. The Morgan fingerprint density at radius 3 is 2.07 bits per heavy atom. The molecule has 0 bridgehead atoms. The van der Waals surface area contributed by atoms with Gasteiger partial charge in [0, 0.05) is 3.57 Å². The molecule has 0 aromatic heterocycles. The average Bonchev–Trinajstić information content (AvgIpc) is 2.71. The summed E-state index contributed by atoms with van der Waals surface area (Å²) in [6.45, 7) is -0.576. The van der Waals surface area contributed by atoms with E-state index in [9.17, 15) is 19.2 Å². The standard InChI is InChI=1S/C19H16INO7/c1-26-17(23)12-5-8-14(19(25)27-2)15(9-12)21-16(22)10-28-18(24)11-3-6-13(20)7-4-11/h3-9H,10H2,1-2H3,(H,21,22). The normalized spacial score (nSPS) is 9.96. The van der Waals surface area contributed by atoms with Crippen LogP contribution in [0, 0.1) is 3.57 Å². The van der Waals surface area contributed by atoms with Gasteiger partial charge in [0.25, 0.3) is 5.91 Å². The van der Waals surface area contributed by atoms with Crippen LogP contribution < -0.4 is 5.32 Å². The largest absolute Gasteiger partial charge is 0.465 e. The van der Waals surface area contributed by atoms with E-state index in [2.05, 4.69) is 37.4 Å². The summed E-state index contributed by atoms with van der Waals surface area (Å²) in [6.07, 6.45) is 0. The third kappa shape index (κ3) is 5.52. The predicted molar refractivity (Wildman–Crippen MR) is 107 cm³/mol. The lowest BCUT2D eigenvalue weighted by Gasteiger charge is -2.11. The van der Waals surface area contributed by atoms with E-state index in [4.69, 9.17) is 4.74 Å². The number of benzene rings is 2. The van der Waals surface area contributed by atoms with Gasteiger partial charge in [0.15, 0.2) is 6.61 Å². The summed E-state index contributed by atoms with van der Waals surface area (Å²) < 4.78 is 15.2. The molecule has 0 saturated heterocycles. The zero-order chi connectivity index (χ0) is 20.7. The van der Waals surface area contributed by atoms with Crippen LogP contribution in [0.2, 0.25) is 0 Å². The summed E-state index contributed by atoms with van der Waals surface area (Å²) in [5, 5.41) is 2.44. The smallest absolute Gasteiger partial charge is 0.339 e. The van der Waals surface area contributed by atoms with Crippen molar-refractivity contribution in [2.45, 2.75) is 0 Å². The number of methoxy groups -OCH3 is 2. The maximum absolute atomic E-state index is 12.2. The van der Waals surface area contributed by atoms with Crippen LogP contribution in [0.4, 0.5) is 5.69 Å². The first-order chi connectivity index (χ1) is 13.3. The molecule has 146 valence electrons. The zero-order valence-corrected chi connectivity index (χ0v) is 17.1. The molecule has 8 nitrogen and oxygen atoms in total. The molecule has 0 atom stereocenters. The molecule has 0 radical (unpaired) electrons. The van der Waals surface area contributed by atoms with Gasteiger partial charge < -0.3 is 19.5 Å². The average molecular weight is 497 g/mol. The van der Waals surface area contributed by atoms with E-state index in [1.54, 1.807) is 24.3 Å². The second-order valence-electron chi connectivity index (χ2n) is 5.37. The molecule has 2 aromatic rings. The maximum Gasteiger partial charge on any atom is 0.339 e. The predicted octanol–water partition coefficient (Wildman–Crippen LogP) is 2.66. The molecule has 0 unspecified atom stereocenters. The van der Waals surface area contributed by atoms with Crippen molar-refractivity contribution >= 4 is 52.1 Å². The van der Waals surface area contributed by atoms with Crippen molar-refractivity contribution in [3.05, 3.63) is 62.7 Å². The third-order valence-corrected chi connectivity index (χ3v) is 4.25. The minimum atomic E-state index is -0.706. The van der Waals surface area contributed by atoms with E-state index in [1.807, 2.05) is 0 Å². The molecule has 0 aliphatic carbocycles. The highest BCUT2D eigenvalue weighted by Gasteiger charge is 2.18. The highest BCUT2D eigenvalue weighted by Crippen LogP contribution is 2.20. The van der Waals surface area contributed by atoms with Crippen LogP contribution in [0.5, 0.6) is 0 Å². The number of esters is 3. The number of halogens is 1. The van der Waals surface area contributed by atoms with Crippen LogP contribution in [0.1, 0.15) is 31.1 Å².